The van der Waals surface area contributed by atoms with E-state index in [1.807, 2.05) is 42.5 Å². The van der Waals surface area contributed by atoms with E-state index in [0.29, 0.717) is 16.4 Å². The average molecular weight is 541 g/mol. The van der Waals surface area contributed by atoms with E-state index in [1.165, 1.54) is 7.11 Å². The molecule has 9 heteroatoms. The van der Waals surface area contributed by atoms with Gasteiger partial charge >= 0.3 is 5.97 Å². The van der Waals surface area contributed by atoms with Crippen LogP contribution in [0.1, 0.15) is 33.9 Å². The number of morpholine rings is 1. The van der Waals surface area contributed by atoms with Crippen molar-refractivity contribution in [2.75, 3.05) is 43.2 Å². The number of furan rings is 1. The predicted octanol–water partition coefficient (Wildman–Crippen LogP) is 5.14. The summed E-state index contributed by atoms with van der Waals surface area (Å²) in [5.74, 6) is 1.07. The fourth-order valence-corrected chi connectivity index (χ4v) is 5.47. The first kappa shape index (κ1) is 25.1. The van der Waals surface area contributed by atoms with Gasteiger partial charge in [0, 0.05) is 36.2 Å². The number of thiocarbonyl (C=S) groups is 1. The number of pyridine rings is 1. The number of hydrogen-bond donors (Lipinski definition) is 1. The van der Waals surface area contributed by atoms with E-state index >= 15 is 0 Å². The molecule has 2 aromatic heterocycles. The number of ether oxygens (including phenoxy) is 2. The summed E-state index contributed by atoms with van der Waals surface area (Å²) in [5.41, 5.74) is 4.35. The molecule has 0 amide bonds. The van der Waals surface area contributed by atoms with Gasteiger partial charge in [-0.3, -0.25) is 4.98 Å². The van der Waals surface area contributed by atoms with Crippen LogP contribution in [0.4, 0.5) is 11.4 Å². The molecule has 198 valence electrons. The van der Waals surface area contributed by atoms with E-state index in [-0.39, 0.29) is 18.1 Å². The van der Waals surface area contributed by atoms with E-state index in [9.17, 15) is 4.79 Å². The minimum atomic E-state index is -0.374. The van der Waals surface area contributed by atoms with Crippen LogP contribution >= 0.6 is 12.2 Å². The van der Waals surface area contributed by atoms with Crippen LogP contribution < -0.4 is 15.1 Å². The van der Waals surface area contributed by atoms with Gasteiger partial charge in [-0.25, -0.2) is 4.79 Å². The Hall–Kier alpha value is -4.21. The number of nitrogens with zero attached hydrogens (tertiary/aromatic N) is 3. The number of benzene rings is 2. The molecular formula is C30H28N4O4S. The van der Waals surface area contributed by atoms with Crippen LogP contribution in [0, 0.1) is 0 Å². The molecule has 6 rings (SSSR count). The Morgan fingerprint density at radius 2 is 1.72 bits per heavy atom. The summed E-state index contributed by atoms with van der Waals surface area (Å²) in [7, 11) is 1.37. The number of nitrogens with one attached hydrogen (secondary N) is 1. The summed E-state index contributed by atoms with van der Waals surface area (Å²) in [5, 5.41) is 4.08. The van der Waals surface area contributed by atoms with Crippen LogP contribution in [0.2, 0.25) is 0 Å². The van der Waals surface area contributed by atoms with Gasteiger partial charge in [-0.2, -0.15) is 0 Å². The first-order chi connectivity index (χ1) is 19.1. The Kier molecular flexibility index (Phi) is 7.00. The Labute approximate surface area is 232 Å². The van der Waals surface area contributed by atoms with Crippen LogP contribution in [-0.4, -0.2) is 49.5 Å². The molecule has 4 heterocycles. The molecule has 0 radical (unpaired) electrons. The maximum atomic E-state index is 11.8. The Morgan fingerprint density at radius 1 is 0.974 bits per heavy atom. The van der Waals surface area contributed by atoms with Gasteiger partial charge in [0.25, 0.3) is 0 Å². The first-order valence-corrected chi connectivity index (χ1v) is 13.2. The smallest absolute Gasteiger partial charge is 0.337 e. The number of aromatic nitrogens is 1. The van der Waals surface area contributed by atoms with Crippen molar-refractivity contribution >= 4 is 34.7 Å². The van der Waals surface area contributed by atoms with Crippen molar-refractivity contribution in [1.29, 1.82) is 0 Å². The maximum absolute atomic E-state index is 11.8. The number of rotatable bonds is 6. The molecule has 1 N–H and O–H groups in total. The second-order valence-corrected chi connectivity index (χ2v) is 9.77. The van der Waals surface area contributed by atoms with Crippen molar-refractivity contribution in [3.05, 3.63) is 102 Å². The summed E-state index contributed by atoms with van der Waals surface area (Å²) < 4.78 is 16.8. The molecule has 2 atom stereocenters. The zero-order valence-corrected chi connectivity index (χ0v) is 22.3. The van der Waals surface area contributed by atoms with Crippen LogP contribution in [0.25, 0.3) is 11.3 Å². The quantitative estimate of drug-likeness (QED) is 0.264. The summed E-state index contributed by atoms with van der Waals surface area (Å²) >= 11 is 5.86. The van der Waals surface area contributed by atoms with Crippen molar-refractivity contribution in [3.63, 3.8) is 0 Å². The predicted molar refractivity (Wildman–Crippen MR) is 153 cm³/mol. The summed E-state index contributed by atoms with van der Waals surface area (Å²) in [4.78, 5) is 20.9. The zero-order valence-electron chi connectivity index (χ0n) is 21.4. The highest BCUT2D eigenvalue weighted by molar-refractivity contribution is 7.80. The Balaban J connectivity index is 1.34. The Bertz CT molecular complexity index is 1450. The SMILES string of the molecule is COC(=O)c1ccc(-c2ccc([C@@H]3[C@H](c4ccccn4)NC(=S)N3c3ccc(N4CCOCC4)cc3)o2)cc1. The van der Waals surface area contributed by atoms with Crippen LogP contribution in [0.3, 0.4) is 0 Å². The summed E-state index contributed by atoms with van der Waals surface area (Å²) in [6, 6.07) is 24.9. The van der Waals surface area contributed by atoms with E-state index in [4.69, 9.17) is 26.1 Å². The normalized spacial score (nSPS) is 19.2. The monoisotopic (exact) mass is 540 g/mol. The molecule has 0 saturated carbocycles. The van der Waals surface area contributed by atoms with E-state index in [2.05, 4.69) is 44.4 Å². The molecule has 0 aliphatic carbocycles. The molecule has 2 aromatic carbocycles. The molecule has 0 spiro atoms. The molecule has 39 heavy (non-hydrogen) atoms. The van der Waals surface area contributed by atoms with Crippen LogP contribution in [-0.2, 0) is 9.47 Å². The van der Waals surface area contributed by atoms with Crippen molar-refractivity contribution in [3.8, 4) is 11.3 Å². The number of esters is 1. The third-order valence-corrected chi connectivity index (χ3v) is 7.43. The van der Waals surface area contributed by atoms with Gasteiger partial charge in [-0.05, 0) is 72.9 Å². The minimum Gasteiger partial charge on any atom is -0.465 e. The number of carbonyl (C=O) groups excluding carboxylic acids is 1. The molecule has 2 aliphatic heterocycles. The second kappa shape index (κ2) is 10.9. The van der Waals surface area contributed by atoms with Crippen molar-refractivity contribution < 1.29 is 18.7 Å². The standard InChI is InChI=1S/C30H28N4O4S/c1-36-29(35)21-7-5-20(6-8-21)25-13-14-26(38-25)28-27(24-4-2-3-15-31-24)32-30(39)34(28)23-11-9-22(10-12-23)33-16-18-37-19-17-33/h2-15,27-28H,16-19H2,1H3,(H,32,39)/t27-,28+/m0/s1. The molecule has 8 nitrogen and oxygen atoms in total. The summed E-state index contributed by atoms with van der Waals surface area (Å²) in [6.45, 7) is 3.23. The van der Waals surface area contributed by atoms with Gasteiger partial charge in [0.05, 0.1) is 37.6 Å². The molecule has 2 aliphatic rings. The van der Waals surface area contributed by atoms with Gasteiger partial charge in [-0.15, -0.1) is 0 Å². The van der Waals surface area contributed by atoms with E-state index in [0.717, 1.165) is 54.7 Å². The van der Waals surface area contributed by atoms with Gasteiger partial charge in [0.2, 0.25) is 0 Å². The number of anilines is 2. The molecular weight excluding hydrogens is 512 g/mol. The van der Waals surface area contributed by atoms with E-state index < -0.39 is 0 Å². The second-order valence-electron chi connectivity index (χ2n) is 9.38. The maximum Gasteiger partial charge on any atom is 0.337 e. The third-order valence-electron chi connectivity index (χ3n) is 7.11. The number of hydrogen-bond acceptors (Lipinski definition) is 7. The number of carbonyl (C=O) groups is 1. The lowest BCUT2D eigenvalue weighted by Crippen LogP contribution is -2.36. The first-order valence-electron chi connectivity index (χ1n) is 12.8. The third kappa shape index (κ3) is 4.98. The van der Waals surface area contributed by atoms with Crippen molar-refractivity contribution in [2.24, 2.45) is 0 Å². The highest BCUT2D eigenvalue weighted by atomic mass is 32.1. The number of methoxy groups -OCH3 is 1. The van der Waals surface area contributed by atoms with Gasteiger partial charge in [0.1, 0.15) is 17.6 Å². The van der Waals surface area contributed by atoms with Crippen LogP contribution in [0.15, 0.2) is 89.5 Å². The highest BCUT2D eigenvalue weighted by Gasteiger charge is 2.42. The average Bonchev–Trinajstić information content (AvgIpc) is 3.62. The van der Waals surface area contributed by atoms with Crippen LogP contribution in [0.5, 0.6) is 0 Å². The van der Waals surface area contributed by atoms with Crippen molar-refractivity contribution in [1.82, 2.24) is 10.3 Å². The molecule has 0 unspecified atom stereocenters. The molecule has 2 fully saturated rings. The lowest BCUT2D eigenvalue weighted by atomic mass is 10.0. The van der Waals surface area contributed by atoms with E-state index in [1.54, 1.807) is 18.3 Å². The van der Waals surface area contributed by atoms with Gasteiger partial charge < -0.3 is 29.0 Å². The molecule has 0 bridgehead atoms. The molecule has 2 saturated heterocycles. The fraction of sp³-hybridized carbons (Fsp3) is 0.233. The Morgan fingerprint density at radius 3 is 2.41 bits per heavy atom. The lowest BCUT2D eigenvalue weighted by Gasteiger charge is -2.30. The van der Waals surface area contributed by atoms with Gasteiger partial charge in [0.15, 0.2) is 5.11 Å². The fourth-order valence-electron chi connectivity index (χ4n) is 5.12. The highest BCUT2D eigenvalue weighted by Crippen LogP contribution is 2.43. The summed E-state index contributed by atoms with van der Waals surface area (Å²) in [6.07, 6.45) is 1.79. The lowest BCUT2D eigenvalue weighted by molar-refractivity contribution is 0.0600. The topological polar surface area (TPSA) is 80.1 Å². The zero-order chi connectivity index (χ0) is 26.8. The van der Waals surface area contributed by atoms with Gasteiger partial charge in [-0.1, -0.05) is 18.2 Å². The largest absolute Gasteiger partial charge is 0.465 e. The minimum absolute atomic E-state index is 0.210. The van der Waals surface area contributed by atoms with Crippen molar-refractivity contribution in [2.45, 2.75) is 12.1 Å². The molecule has 4 aromatic rings.